The summed E-state index contributed by atoms with van der Waals surface area (Å²) >= 11 is 3.45. The monoisotopic (exact) mass is 331 g/mol. The van der Waals surface area contributed by atoms with Gasteiger partial charge in [0.25, 0.3) is 0 Å². The van der Waals surface area contributed by atoms with E-state index >= 15 is 0 Å². The molecule has 0 radical (unpaired) electrons. The van der Waals surface area contributed by atoms with Crippen molar-refractivity contribution in [2.24, 2.45) is 5.73 Å². The molecule has 2 aromatic rings. The number of hydrogen-bond donors (Lipinski definition) is 1. The predicted molar refractivity (Wildman–Crippen MR) is 89.9 cm³/mol. The van der Waals surface area contributed by atoms with E-state index in [4.69, 9.17) is 5.73 Å². The predicted octanol–water partition coefficient (Wildman–Crippen LogP) is 4.99. The Labute approximate surface area is 130 Å². The highest BCUT2D eigenvalue weighted by Gasteiger charge is 2.13. The zero-order valence-corrected chi connectivity index (χ0v) is 13.9. The van der Waals surface area contributed by atoms with Crippen LogP contribution >= 0.6 is 15.9 Å². The molecule has 0 saturated heterocycles. The molecule has 1 atom stereocenters. The van der Waals surface area contributed by atoms with Crippen molar-refractivity contribution in [2.75, 3.05) is 0 Å². The third kappa shape index (κ3) is 3.94. The second kappa shape index (κ2) is 6.11. The van der Waals surface area contributed by atoms with Gasteiger partial charge < -0.3 is 5.73 Å². The van der Waals surface area contributed by atoms with E-state index in [1.54, 1.807) is 0 Å². The van der Waals surface area contributed by atoms with Crippen molar-refractivity contribution < 1.29 is 0 Å². The molecular weight excluding hydrogens is 310 g/mol. The summed E-state index contributed by atoms with van der Waals surface area (Å²) in [7, 11) is 0. The average molecular weight is 332 g/mol. The molecule has 0 aliphatic heterocycles. The average Bonchev–Trinajstić information content (AvgIpc) is 2.39. The normalized spacial score (nSPS) is 13.2. The fraction of sp³-hybridized carbons (Fsp3) is 0.333. The molecule has 2 N–H and O–H groups in total. The van der Waals surface area contributed by atoms with Gasteiger partial charge >= 0.3 is 0 Å². The number of halogens is 1. The Kier molecular flexibility index (Phi) is 4.66. The van der Waals surface area contributed by atoms with Crippen LogP contribution in [0.3, 0.4) is 0 Å². The zero-order chi connectivity index (χ0) is 14.8. The Bertz CT molecular complexity index is 549. The summed E-state index contributed by atoms with van der Waals surface area (Å²) in [6.07, 6.45) is 0.867. The molecule has 0 fully saturated rings. The summed E-state index contributed by atoms with van der Waals surface area (Å²) in [4.78, 5) is 0. The Morgan fingerprint density at radius 1 is 0.950 bits per heavy atom. The van der Waals surface area contributed by atoms with Crippen molar-refractivity contribution in [1.82, 2.24) is 0 Å². The van der Waals surface area contributed by atoms with Gasteiger partial charge in [0.1, 0.15) is 0 Å². The molecule has 0 aromatic heterocycles. The smallest absolute Gasteiger partial charge is 0.0335 e. The van der Waals surface area contributed by atoms with Crippen LogP contribution in [-0.2, 0) is 11.8 Å². The summed E-state index contributed by atoms with van der Waals surface area (Å²) in [5, 5.41) is 0. The maximum atomic E-state index is 6.29. The molecule has 106 valence electrons. The van der Waals surface area contributed by atoms with E-state index in [1.165, 1.54) is 16.7 Å². The minimum atomic E-state index is 0.0450. The first-order valence-corrected chi connectivity index (χ1v) is 7.76. The molecule has 0 bridgehead atoms. The van der Waals surface area contributed by atoms with Crippen LogP contribution < -0.4 is 5.73 Å². The molecule has 20 heavy (non-hydrogen) atoms. The third-order valence-electron chi connectivity index (χ3n) is 3.57. The number of rotatable bonds is 3. The third-order valence-corrected chi connectivity index (χ3v) is 4.10. The lowest BCUT2D eigenvalue weighted by atomic mass is 9.86. The summed E-state index contributed by atoms with van der Waals surface area (Å²) in [5.74, 6) is 0. The van der Waals surface area contributed by atoms with Gasteiger partial charge in [-0.15, -0.1) is 0 Å². The van der Waals surface area contributed by atoms with E-state index in [0.29, 0.717) is 0 Å². The SMILES string of the molecule is CC(C)(C)c1ccc(CC(N)c2ccc(Br)cc2)cc1. The summed E-state index contributed by atoms with van der Waals surface area (Å²) in [6, 6.07) is 17.1. The van der Waals surface area contributed by atoms with E-state index < -0.39 is 0 Å². The molecule has 0 amide bonds. The van der Waals surface area contributed by atoms with Gasteiger partial charge in [0.15, 0.2) is 0 Å². The van der Waals surface area contributed by atoms with Gasteiger partial charge in [0.2, 0.25) is 0 Å². The van der Waals surface area contributed by atoms with Crippen LogP contribution in [0, 0.1) is 0 Å². The molecule has 0 aliphatic carbocycles. The molecule has 1 unspecified atom stereocenters. The standard InChI is InChI=1S/C18H22BrN/c1-18(2,3)15-8-4-13(5-9-15)12-17(20)14-6-10-16(19)11-7-14/h4-11,17H,12,20H2,1-3H3. The van der Waals surface area contributed by atoms with Crippen LogP contribution in [-0.4, -0.2) is 0 Å². The molecule has 2 heteroatoms. The second-order valence-electron chi connectivity index (χ2n) is 6.31. The van der Waals surface area contributed by atoms with Gasteiger partial charge in [-0.1, -0.05) is 73.1 Å². The van der Waals surface area contributed by atoms with Crippen molar-refractivity contribution >= 4 is 15.9 Å². The fourth-order valence-electron chi connectivity index (χ4n) is 2.22. The lowest BCUT2D eigenvalue weighted by molar-refractivity contribution is 0.589. The van der Waals surface area contributed by atoms with Crippen LogP contribution in [0.5, 0.6) is 0 Å². The first kappa shape index (κ1) is 15.3. The van der Waals surface area contributed by atoms with E-state index in [2.05, 4.69) is 73.1 Å². The minimum absolute atomic E-state index is 0.0450. The first-order chi connectivity index (χ1) is 9.36. The Morgan fingerprint density at radius 3 is 2.00 bits per heavy atom. The van der Waals surface area contributed by atoms with Gasteiger partial charge in [-0.25, -0.2) is 0 Å². The number of nitrogens with two attached hydrogens (primary N) is 1. The van der Waals surface area contributed by atoms with Crippen LogP contribution in [0.2, 0.25) is 0 Å². The number of benzene rings is 2. The van der Waals surface area contributed by atoms with Crippen molar-refractivity contribution in [2.45, 2.75) is 38.6 Å². The lowest BCUT2D eigenvalue weighted by Gasteiger charge is -2.19. The van der Waals surface area contributed by atoms with Crippen molar-refractivity contribution in [3.05, 3.63) is 69.7 Å². The molecule has 0 saturated carbocycles. The topological polar surface area (TPSA) is 26.0 Å². The van der Waals surface area contributed by atoms with E-state index in [9.17, 15) is 0 Å². The van der Waals surface area contributed by atoms with Crippen LogP contribution in [0.1, 0.15) is 43.5 Å². The van der Waals surface area contributed by atoms with Crippen molar-refractivity contribution in [3.8, 4) is 0 Å². The highest BCUT2D eigenvalue weighted by Crippen LogP contribution is 2.24. The summed E-state index contributed by atoms with van der Waals surface area (Å²) in [5.41, 5.74) is 10.3. The van der Waals surface area contributed by atoms with Crippen molar-refractivity contribution in [3.63, 3.8) is 0 Å². The second-order valence-corrected chi connectivity index (χ2v) is 7.22. The van der Waals surface area contributed by atoms with Crippen LogP contribution in [0.4, 0.5) is 0 Å². The molecule has 0 heterocycles. The van der Waals surface area contributed by atoms with E-state index in [-0.39, 0.29) is 11.5 Å². The molecule has 2 aromatic carbocycles. The quantitative estimate of drug-likeness (QED) is 0.842. The molecule has 2 rings (SSSR count). The lowest BCUT2D eigenvalue weighted by Crippen LogP contribution is -2.14. The van der Waals surface area contributed by atoms with Gasteiger partial charge in [-0.3, -0.25) is 0 Å². The highest BCUT2D eigenvalue weighted by atomic mass is 79.9. The molecule has 0 aliphatic rings. The van der Waals surface area contributed by atoms with Gasteiger partial charge in [-0.2, -0.15) is 0 Å². The van der Waals surface area contributed by atoms with E-state index in [1.807, 2.05) is 12.1 Å². The Hall–Kier alpha value is -1.12. The fourth-order valence-corrected chi connectivity index (χ4v) is 2.49. The highest BCUT2D eigenvalue weighted by molar-refractivity contribution is 9.10. The van der Waals surface area contributed by atoms with Crippen molar-refractivity contribution in [1.29, 1.82) is 0 Å². The van der Waals surface area contributed by atoms with Crippen LogP contribution in [0.15, 0.2) is 53.0 Å². The Morgan fingerprint density at radius 2 is 1.50 bits per heavy atom. The largest absolute Gasteiger partial charge is 0.324 e. The maximum Gasteiger partial charge on any atom is 0.0335 e. The zero-order valence-electron chi connectivity index (χ0n) is 12.4. The molecule has 0 spiro atoms. The number of hydrogen-bond acceptors (Lipinski definition) is 1. The maximum absolute atomic E-state index is 6.29. The first-order valence-electron chi connectivity index (χ1n) is 6.97. The Balaban J connectivity index is 2.08. The molecule has 1 nitrogen and oxygen atoms in total. The minimum Gasteiger partial charge on any atom is -0.324 e. The summed E-state index contributed by atoms with van der Waals surface area (Å²) < 4.78 is 1.09. The van der Waals surface area contributed by atoms with E-state index in [0.717, 1.165) is 10.9 Å². The van der Waals surface area contributed by atoms with Gasteiger partial charge in [0.05, 0.1) is 0 Å². The van der Waals surface area contributed by atoms with Gasteiger partial charge in [0, 0.05) is 10.5 Å². The van der Waals surface area contributed by atoms with Gasteiger partial charge in [-0.05, 0) is 40.7 Å². The van der Waals surface area contributed by atoms with Crippen LogP contribution in [0.25, 0.3) is 0 Å². The molecular formula is C18H22BrN. The summed E-state index contributed by atoms with van der Waals surface area (Å²) in [6.45, 7) is 6.70.